The molecule has 0 unspecified atom stereocenters. The Morgan fingerprint density at radius 1 is 0.471 bits per heavy atom. The van der Waals surface area contributed by atoms with E-state index >= 15 is 0 Å². The van der Waals surface area contributed by atoms with Crippen molar-refractivity contribution in [1.29, 1.82) is 0 Å². The SMILES string of the molecule is c1ccc2c(c1)Sc1ccc(-n3c4ccccc4c4ccc5ccccc5c43)c3cccc-2c13. The van der Waals surface area contributed by atoms with Crippen LogP contribution in [0.1, 0.15) is 0 Å². The van der Waals surface area contributed by atoms with Gasteiger partial charge in [-0.3, -0.25) is 0 Å². The number of hydrogen-bond acceptors (Lipinski definition) is 1. The lowest BCUT2D eigenvalue weighted by molar-refractivity contribution is 1.20. The van der Waals surface area contributed by atoms with Gasteiger partial charge in [0.15, 0.2) is 0 Å². The first kappa shape index (κ1) is 18.4. The fourth-order valence-corrected chi connectivity index (χ4v) is 6.87. The Kier molecular flexibility index (Phi) is 3.66. The zero-order valence-corrected chi connectivity index (χ0v) is 19.1. The molecule has 0 bridgehead atoms. The summed E-state index contributed by atoms with van der Waals surface area (Å²) in [6.07, 6.45) is 0. The molecule has 6 aromatic carbocycles. The van der Waals surface area contributed by atoms with Gasteiger partial charge in [-0.1, -0.05) is 103 Å². The number of benzene rings is 6. The minimum atomic E-state index is 1.24. The lowest BCUT2D eigenvalue weighted by atomic mass is 9.96. The van der Waals surface area contributed by atoms with Gasteiger partial charge in [-0.25, -0.2) is 0 Å². The van der Waals surface area contributed by atoms with Crippen LogP contribution in [-0.4, -0.2) is 4.57 Å². The van der Waals surface area contributed by atoms with Crippen LogP contribution in [0.2, 0.25) is 0 Å². The average Bonchev–Trinajstić information content (AvgIpc) is 3.24. The molecule has 1 aliphatic heterocycles. The molecule has 0 amide bonds. The third kappa shape index (κ3) is 2.36. The van der Waals surface area contributed by atoms with E-state index in [1.165, 1.54) is 70.0 Å². The fraction of sp³-hybridized carbons (Fsp3) is 0. The number of rotatable bonds is 1. The van der Waals surface area contributed by atoms with E-state index in [0.717, 1.165) is 0 Å². The Morgan fingerprint density at radius 2 is 1.24 bits per heavy atom. The monoisotopic (exact) mass is 449 g/mol. The van der Waals surface area contributed by atoms with Gasteiger partial charge in [0.2, 0.25) is 0 Å². The van der Waals surface area contributed by atoms with Gasteiger partial charge >= 0.3 is 0 Å². The van der Waals surface area contributed by atoms with Crippen LogP contribution < -0.4 is 0 Å². The van der Waals surface area contributed by atoms with Crippen molar-refractivity contribution in [2.24, 2.45) is 0 Å². The maximum Gasteiger partial charge on any atom is 0.0619 e. The molecule has 1 nitrogen and oxygen atoms in total. The van der Waals surface area contributed by atoms with Gasteiger partial charge in [-0.05, 0) is 40.8 Å². The van der Waals surface area contributed by atoms with Gasteiger partial charge in [0, 0.05) is 36.7 Å². The van der Waals surface area contributed by atoms with E-state index in [0.29, 0.717) is 0 Å². The molecule has 0 saturated heterocycles. The Morgan fingerprint density at radius 3 is 2.21 bits per heavy atom. The molecule has 7 aromatic rings. The number of nitrogens with zero attached hydrogens (tertiary/aromatic N) is 1. The van der Waals surface area contributed by atoms with Gasteiger partial charge in [0.25, 0.3) is 0 Å². The third-order valence-corrected chi connectivity index (χ3v) is 8.31. The minimum Gasteiger partial charge on any atom is -0.308 e. The molecule has 158 valence electrons. The van der Waals surface area contributed by atoms with E-state index in [4.69, 9.17) is 0 Å². The molecule has 0 fully saturated rings. The third-order valence-electron chi connectivity index (χ3n) is 7.18. The number of hydrogen-bond donors (Lipinski definition) is 0. The summed E-state index contributed by atoms with van der Waals surface area (Å²) < 4.78 is 2.49. The van der Waals surface area contributed by atoms with Crippen LogP contribution in [0, 0.1) is 0 Å². The summed E-state index contributed by atoms with van der Waals surface area (Å²) in [6, 6.07) is 42.2. The molecule has 34 heavy (non-hydrogen) atoms. The van der Waals surface area contributed by atoms with Crippen molar-refractivity contribution in [2.75, 3.05) is 0 Å². The first-order chi connectivity index (χ1) is 16.9. The van der Waals surface area contributed by atoms with Crippen molar-refractivity contribution in [1.82, 2.24) is 4.57 Å². The fourth-order valence-electron chi connectivity index (χ4n) is 5.74. The zero-order chi connectivity index (χ0) is 22.2. The first-order valence-electron chi connectivity index (χ1n) is 11.6. The second-order valence-corrected chi connectivity index (χ2v) is 10.0. The minimum absolute atomic E-state index is 1.24. The number of fused-ring (bicyclic) bond motifs is 7. The predicted molar refractivity (Wildman–Crippen MR) is 145 cm³/mol. The Hall–Kier alpha value is -4.01. The van der Waals surface area contributed by atoms with Crippen molar-refractivity contribution in [2.45, 2.75) is 9.79 Å². The second kappa shape index (κ2) is 6.75. The summed E-state index contributed by atoms with van der Waals surface area (Å²) in [5.41, 5.74) is 6.43. The Labute approximate surface area is 201 Å². The summed E-state index contributed by atoms with van der Waals surface area (Å²) in [7, 11) is 0. The van der Waals surface area contributed by atoms with Crippen molar-refractivity contribution in [3.63, 3.8) is 0 Å². The van der Waals surface area contributed by atoms with Crippen molar-refractivity contribution in [3.05, 3.63) is 115 Å². The zero-order valence-electron chi connectivity index (χ0n) is 18.3. The smallest absolute Gasteiger partial charge is 0.0619 e. The van der Waals surface area contributed by atoms with Crippen molar-refractivity contribution < 1.29 is 0 Å². The second-order valence-electron chi connectivity index (χ2n) is 8.94. The molecule has 0 aliphatic carbocycles. The quantitative estimate of drug-likeness (QED) is 0.242. The normalized spacial score (nSPS) is 12.6. The molecule has 0 atom stereocenters. The molecule has 0 N–H and O–H groups in total. The van der Waals surface area contributed by atoms with E-state index in [-0.39, 0.29) is 0 Å². The molecule has 0 radical (unpaired) electrons. The highest BCUT2D eigenvalue weighted by Gasteiger charge is 2.22. The van der Waals surface area contributed by atoms with E-state index in [1.807, 2.05) is 11.8 Å². The largest absolute Gasteiger partial charge is 0.308 e. The topological polar surface area (TPSA) is 4.93 Å². The van der Waals surface area contributed by atoms with Gasteiger partial charge in [-0.15, -0.1) is 0 Å². The molecule has 0 saturated carbocycles. The summed E-state index contributed by atoms with van der Waals surface area (Å²) in [4.78, 5) is 2.66. The summed E-state index contributed by atoms with van der Waals surface area (Å²) in [5, 5.41) is 7.81. The van der Waals surface area contributed by atoms with Crippen LogP contribution >= 0.6 is 11.8 Å². The number of aromatic nitrogens is 1. The molecule has 2 heteroatoms. The standard InChI is InChI=1S/C32H19NS/c1-2-9-21-20(8-1)16-17-25-22-10-3-5-14-27(22)33(32(21)25)28-18-19-30-31-24(12-7-13-26(28)31)23-11-4-6-15-29(23)34-30/h1-19H. The lowest BCUT2D eigenvalue weighted by Crippen LogP contribution is -1.99. The van der Waals surface area contributed by atoms with Crippen LogP contribution in [0.3, 0.4) is 0 Å². The Bertz CT molecular complexity index is 1940. The van der Waals surface area contributed by atoms with Gasteiger partial charge < -0.3 is 4.57 Å². The highest BCUT2D eigenvalue weighted by molar-refractivity contribution is 7.99. The summed E-state index contributed by atoms with van der Waals surface area (Å²) in [5.74, 6) is 0. The molecule has 2 heterocycles. The Balaban J connectivity index is 1.57. The van der Waals surface area contributed by atoms with Gasteiger partial charge in [0.05, 0.1) is 16.7 Å². The highest BCUT2D eigenvalue weighted by atomic mass is 32.2. The van der Waals surface area contributed by atoms with Crippen LogP contribution in [0.25, 0.3) is 60.2 Å². The van der Waals surface area contributed by atoms with Crippen LogP contribution in [-0.2, 0) is 0 Å². The summed E-state index contributed by atoms with van der Waals surface area (Å²) >= 11 is 1.88. The summed E-state index contributed by atoms with van der Waals surface area (Å²) in [6.45, 7) is 0. The van der Waals surface area contributed by atoms with E-state index in [9.17, 15) is 0 Å². The van der Waals surface area contributed by atoms with Crippen molar-refractivity contribution >= 4 is 55.1 Å². The van der Waals surface area contributed by atoms with E-state index in [1.54, 1.807) is 0 Å². The maximum atomic E-state index is 2.49. The van der Waals surface area contributed by atoms with E-state index < -0.39 is 0 Å². The van der Waals surface area contributed by atoms with Gasteiger partial charge in [-0.2, -0.15) is 0 Å². The molecule has 8 rings (SSSR count). The molecule has 1 aromatic heterocycles. The molecular formula is C32H19NS. The maximum absolute atomic E-state index is 2.49. The molecule has 0 spiro atoms. The molecular weight excluding hydrogens is 430 g/mol. The predicted octanol–water partition coefficient (Wildman–Crippen LogP) is 9.22. The molecule has 1 aliphatic rings. The van der Waals surface area contributed by atoms with Crippen LogP contribution in [0.15, 0.2) is 125 Å². The van der Waals surface area contributed by atoms with Crippen LogP contribution in [0.4, 0.5) is 0 Å². The number of para-hydroxylation sites is 1. The highest BCUT2D eigenvalue weighted by Crippen LogP contribution is 2.49. The van der Waals surface area contributed by atoms with Crippen LogP contribution in [0.5, 0.6) is 0 Å². The van der Waals surface area contributed by atoms with Crippen molar-refractivity contribution in [3.8, 4) is 16.8 Å². The first-order valence-corrected chi connectivity index (χ1v) is 12.4. The van der Waals surface area contributed by atoms with E-state index in [2.05, 4.69) is 120 Å². The average molecular weight is 450 g/mol. The van der Waals surface area contributed by atoms with Gasteiger partial charge in [0.1, 0.15) is 0 Å². The lowest BCUT2D eigenvalue weighted by Gasteiger charge is -2.22.